The standard InChI is InChI=1S/C27H23N5O3/c28-25(34)24(33)22(15-17-7-2-1-3-8-17)30-27(35)21-11-6-14-29-26(21)32-16-19-13-12-18-9-4-5-10-20(18)23(19)31-32/h1-11,14,16,22H,12-13,15H2,(H2,28,34)(H,30,35). The van der Waals surface area contributed by atoms with Crippen LogP contribution in [0, 0.1) is 0 Å². The molecule has 4 aromatic rings. The first-order chi connectivity index (χ1) is 17.0. The van der Waals surface area contributed by atoms with Crippen molar-refractivity contribution >= 4 is 17.6 Å². The molecule has 174 valence electrons. The molecule has 0 aliphatic heterocycles. The molecule has 2 aromatic carbocycles. The smallest absolute Gasteiger partial charge is 0.287 e. The number of benzene rings is 2. The van der Waals surface area contributed by atoms with Gasteiger partial charge >= 0.3 is 0 Å². The number of primary amides is 1. The molecule has 0 saturated carbocycles. The minimum absolute atomic E-state index is 0.136. The molecule has 0 saturated heterocycles. The fraction of sp³-hybridized carbons (Fsp3) is 0.148. The quantitative estimate of drug-likeness (QED) is 0.406. The van der Waals surface area contributed by atoms with Gasteiger partial charge in [-0.05, 0) is 41.7 Å². The molecule has 1 aliphatic rings. The first-order valence-corrected chi connectivity index (χ1v) is 11.3. The van der Waals surface area contributed by atoms with Gasteiger partial charge in [0.25, 0.3) is 11.8 Å². The third-order valence-electron chi connectivity index (χ3n) is 6.12. The Kier molecular flexibility index (Phi) is 5.93. The van der Waals surface area contributed by atoms with E-state index in [1.165, 1.54) is 5.56 Å². The molecule has 2 aromatic heterocycles. The topological polar surface area (TPSA) is 120 Å². The first-order valence-electron chi connectivity index (χ1n) is 11.3. The lowest BCUT2D eigenvalue weighted by molar-refractivity contribution is -0.137. The highest BCUT2D eigenvalue weighted by Crippen LogP contribution is 2.32. The van der Waals surface area contributed by atoms with E-state index in [2.05, 4.69) is 16.4 Å². The van der Waals surface area contributed by atoms with E-state index in [-0.39, 0.29) is 12.0 Å². The number of nitrogens with two attached hydrogens (primary N) is 1. The van der Waals surface area contributed by atoms with Crippen LogP contribution in [0.1, 0.15) is 27.0 Å². The summed E-state index contributed by atoms with van der Waals surface area (Å²) in [6.07, 6.45) is 5.36. The highest BCUT2D eigenvalue weighted by atomic mass is 16.2. The van der Waals surface area contributed by atoms with Crippen molar-refractivity contribution in [2.75, 3.05) is 0 Å². The van der Waals surface area contributed by atoms with E-state index in [1.807, 2.05) is 54.7 Å². The lowest BCUT2D eigenvalue weighted by Crippen LogP contribution is -2.47. The van der Waals surface area contributed by atoms with Crippen LogP contribution in [0.2, 0.25) is 0 Å². The summed E-state index contributed by atoms with van der Waals surface area (Å²) >= 11 is 0. The summed E-state index contributed by atoms with van der Waals surface area (Å²) in [6, 6.07) is 19.4. The summed E-state index contributed by atoms with van der Waals surface area (Å²) in [4.78, 5) is 41.9. The number of carbonyl (C=O) groups is 3. The summed E-state index contributed by atoms with van der Waals surface area (Å²) in [6.45, 7) is 0. The van der Waals surface area contributed by atoms with Crippen LogP contribution in [-0.4, -0.2) is 38.4 Å². The molecular weight excluding hydrogens is 442 g/mol. The lowest BCUT2D eigenvalue weighted by Gasteiger charge is -2.17. The molecule has 2 heterocycles. The highest BCUT2D eigenvalue weighted by molar-refractivity contribution is 6.38. The number of carbonyl (C=O) groups excluding carboxylic acids is 3. The van der Waals surface area contributed by atoms with Gasteiger partial charge in [-0.2, -0.15) is 5.10 Å². The van der Waals surface area contributed by atoms with Crippen LogP contribution in [0.5, 0.6) is 0 Å². The minimum Gasteiger partial charge on any atom is -0.363 e. The maximum absolute atomic E-state index is 13.3. The Balaban J connectivity index is 1.46. The van der Waals surface area contributed by atoms with E-state index in [4.69, 9.17) is 10.8 Å². The monoisotopic (exact) mass is 465 g/mol. The Morgan fingerprint density at radius 1 is 0.943 bits per heavy atom. The molecular formula is C27H23N5O3. The zero-order valence-corrected chi connectivity index (χ0v) is 18.8. The minimum atomic E-state index is -1.10. The molecule has 0 radical (unpaired) electrons. The molecule has 1 atom stereocenters. The lowest BCUT2D eigenvalue weighted by atomic mass is 9.91. The second kappa shape index (κ2) is 9.34. The van der Waals surface area contributed by atoms with E-state index in [9.17, 15) is 14.4 Å². The number of hydrogen-bond donors (Lipinski definition) is 2. The van der Waals surface area contributed by atoms with Crippen molar-refractivity contribution in [3.8, 4) is 17.1 Å². The van der Waals surface area contributed by atoms with Gasteiger partial charge in [-0.1, -0.05) is 54.6 Å². The largest absolute Gasteiger partial charge is 0.363 e. The molecule has 0 spiro atoms. The number of Topliss-reactive ketones (excluding diaryl/α,β-unsaturated/α-hetero) is 1. The van der Waals surface area contributed by atoms with Gasteiger partial charge in [0, 0.05) is 24.4 Å². The van der Waals surface area contributed by atoms with Crippen molar-refractivity contribution in [1.82, 2.24) is 20.1 Å². The number of rotatable bonds is 7. The molecule has 0 fully saturated rings. The SMILES string of the molecule is NC(=O)C(=O)C(Cc1ccccc1)NC(=O)c1cccnc1-n1cc2c(n1)-c1ccccc1CC2. The van der Waals surface area contributed by atoms with Gasteiger partial charge in [-0.15, -0.1) is 0 Å². The van der Waals surface area contributed by atoms with E-state index < -0.39 is 23.6 Å². The number of nitrogens with one attached hydrogen (secondary N) is 1. The number of ketones is 1. The van der Waals surface area contributed by atoms with Gasteiger partial charge in [0.2, 0.25) is 5.78 Å². The number of fused-ring (bicyclic) bond motifs is 3. The summed E-state index contributed by atoms with van der Waals surface area (Å²) < 4.78 is 1.60. The Morgan fingerprint density at radius 3 is 2.49 bits per heavy atom. The summed E-state index contributed by atoms with van der Waals surface area (Å²) in [5, 5.41) is 7.43. The normalized spacial score (nSPS) is 12.8. The first kappa shape index (κ1) is 22.2. The number of hydrogen-bond acceptors (Lipinski definition) is 5. The summed E-state index contributed by atoms with van der Waals surface area (Å²) in [5.74, 6) is -2.17. The second-order valence-electron chi connectivity index (χ2n) is 8.42. The van der Waals surface area contributed by atoms with E-state index >= 15 is 0 Å². The Labute approximate surface area is 201 Å². The van der Waals surface area contributed by atoms with Gasteiger partial charge in [0.05, 0.1) is 11.3 Å². The average Bonchev–Trinajstić information content (AvgIpc) is 3.33. The predicted molar refractivity (Wildman–Crippen MR) is 130 cm³/mol. The van der Waals surface area contributed by atoms with Crippen LogP contribution in [-0.2, 0) is 28.9 Å². The molecule has 1 unspecified atom stereocenters. The van der Waals surface area contributed by atoms with Gasteiger partial charge in [0.1, 0.15) is 6.04 Å². The average molecular weight is 466 g/mol. The van der Waals surface area contributed by atoms with Gasteiger partial charge in [-0.3, -0.25) is 14.4 Å². The third-order valence-corrected chi connectivity index (χ3v) is 6.12. The fourth-order valence-electron chi connectivity index (χ4n) is 4.39. The zero-order valence-electron chi connectivity index (χ0n) is 18.8. The Bertz CT molecular complexity index is 1430. The van der Waals surface area contributed by atoms with Crippen molar-refractivity contribution in [1.29, 1.82) is 0 Å². The fourth-order valence-corrected chi connectivity index (χ4v) is 4.39. The highest BCUT2D eigenvalue weighted by Gasteiger charge is 2.28. The van der Waals surface area contributed by atoms with Gasteiger partial charge in [0.15, 0.2) is 5.82 Å². The Morgan fingerprint density at radius 2 is 1.69 bits per heavy atom. The van der Waals surface area contributed by atoms with E-state index in [0.29, 0.717) is 5.82 Å². The zero-order chi connectivity index (χ0) is 24.4. The van der Waals surface area contributed by atoms with Crippen molar-refractivity contribution in [2.45, 2.75) is 25.3 Å². The van der Waals surface area contributed by atoms with Crippen LogP contribution in [0.25, 0.3) is 17.1 Å². The summed E-state index contributed by atoms with van der Waals surface area (Å²) in [5.41, 5.74) is 10.5. The maximum atomic E-state index is 13.3. The number of pyridine rings is 1. The maximum Gasteiger partial charge on any atom is 0.287 e. The molecule has 5 rings (SSSR count). The van der Waals surface area contributed by atoms with Gasteiger partial charge < -0.3 is 11.1 Å². The molecule has 1 aliphatic carbocycles. The Hall–Kier alpha value is -4.59. The third kappa shape index (κ3) is 4.46. The van der Waals surface area contributed by atoms with Crippen LogP contribution in [0.3, 0.4) is 0 Å². The molecule has 8 nitrogen and oxygen atoms in total. The van der Waals surface area contributed by atoms with E-state index in [1.54, 1.807) is 23.0 Å². The van der Waals surface area contributed by atoms with Crippen LogP contribution in [0.15, 0.2) is 79.1 Å². The molecule has 2 amide bonds. The molecule has 35 heavy (non-hydrogen) atoms. The van der Waals surface area contributed by atoms with Crippen LogP contribution < -0.4 is 11.1 Å². The number of aryl methyl sites for hydroxylation is 2. The van der Waals surface area contributed by atoms with Crippen molar-refractivity contribution in [2.24, 2.45) is 5.73 Å². The van der Waals surface area contributed by atoms with Gasteiger partial charge in [-0.25, -0.2) is 9.67 Å². The van der Waals surface area contributed by atoms with Crippen LogP contribution in [0.4, 0.5) is 0 Å². The van der Waals surface area contributed by atoms with Crippen LogP contribution >= 0.6 is 0 Å². The van der Waals surface area contributed by atoms with E-state index in [0.717, 1.165) is 35.2 Å². The predicted octanol–water partition coefficient (Wildman–Crippen LogP) is 2.43. The number of aromatic nitrogens is 3. The molecule has 0 bridgehead atoms. The van der Waals surface area contributed by atoms with Crippen molar-refractivity contribution in [3.63, 3.8) is 0 Å². The van der Waals surface area contributed by atoms with Crippen molar-refractivity contribution < 1.29 is 14.4 Å². The van der Waals surface area contributed by atoms with Crippen molar-refractivity contribution in [3.05, 3.63) is 101 Å². The number of nitrogens with zero attached hydrogens (tertiary/aromatic N) is 3. The molecule has 8 heteroatoms. The molecule has 3 N–H and O–H groups in total. The second-order valence-corrected chi connectivity index (χ2v) is 8.42. The number of amides is 2. The summed E-state index contributed by atoms with van der Waals surface area (Å²) in [7, 11) is 0.